The van der Waals surface area contributed by atoms with Crippen molar-refractivity contribution in [3.63, 3.8) is 0 Å². The zero-order chi connectivity index (χ0) is 14.1. The summed E-state index contributed by atoms with van der Waals surface area (Å²) in [5, 5.41) is 4.86. The molecule has 1 aromatic heterocycles. The summed E-state index contributed by atoms with van der Waals surface area (Å²) in [6, 6.07) is 14.8. The van der Waals surface area contributed by atoms with Crippen molar-refractivity contribution in [3.05, 3.63) is 69.1 Å². The Kier molecular flexibility index (Phi) is 3.74. The fourth-order valence-electron chi connectivity index (χ4n) is 2.47. The zero-order valence-corrected chi connectivity index (χ0v) is 12.4. The molecule has 0 aliphatic rings. The standard InChI is InChI=1S/C16H13ClFNS/c1-19-16(14-8-9-15(17)20-14)12-6-7-13(18)11-5-3-2-4-10(11)12/h2-9,16,19H,1H3. The molecule has 0 fully saturated rings. The van der Waals surface area contributed by atoms with Crippen molar-refractivity contribution < 1.29 is 4.39 Å². The highest BCUT2D eigenvalue weighted by Crippen LogP contribution is 2.34. The van der Waals surface area contributed by atoms with E-state index in [2.05, 4.69) is 5.32 Å². The third-order valence-corrected chi connectivity index (χ3v) is 4.68. The first-order chi connectivity index (χ1) is 9.70. The van der Waals surface area contributed by atoms with Crippen molar-refractivity contribution in [1.29, 1.82) is 0 Å². The van der Waals surface area contributed by atoms with Crippen molar-refractivity contribution in [2.45, 2.75) is 6.04 Å². The number of halogens is 2. The Morgan fingerprint density at radius 2 is 1.80 bits per heavy atom. The van der Waals surface area contributed by atoms with Crippen molar-refractivity contribution in [1.82, 2.24) is 5.32 Å². The Balaban J connectivity index is 2.20. The van der Waals surface area contributed by atoms with Crippen LogP contribution in [-0.2, 0) is 0 Å². The Hall–Kier alpha value is -1.42. The first kappa shape index (κ1) is 13.6. The second-order valence-electron chi connectivity index (χ2n) is 4.55. The van der Waals surface area contributed by atoms with Gasteiger partial charge in [0.15, 0.2) is 0 Å². The molecule has 1 N–H and O–H groups in total. The average Bonchev–Trinajstić information content (AvgIpc) is 2.89. The van der Waals surface area contributed by atoms with Gasteiger partial charge in [0.05, 0.1) is 10.4 Å². The van der Waals surface area contributed by atoms with E-state index >= 15 is 0 Å². The van der Waals surface area contributed by atoms with Gasteiger partial charge in [-0.1, -0.05) is 41.9 Å². The van der Waals surface area contributed by atoms with E-state index in [1.54, 1.807) is 0 Å². The van der Waals surface area contributed by atoms with Gasteiger partial charge in [0, 0.05) is 10.3 Å². The van der Waals surface area contributed by atoms with Crippen LogP contribution < -0.4 is 5.32 Å². The van der Waals surface area contributed by atoms with Crippen LogP contribution in [-0.4, -0.2) is 7.05 Å². The summed E-state index contributed by atoms with van der Waals surface area (Å²) in [7, 11) is 1.90. The smallest absolute Gasteiger partial charge is 0.131 e. The summed E-state index contributed by atoms with van der Waals surface area (Å²) >= 11 is 7.56. The molecule has 4 heteroatoms. The fourth-order valence-corrected chi connectivity index (χ4v) is 3.66. The number of nitrogens with one attached hydrogen (secondary N) is 1. The lowest BCUT2D eigenvalue weighted by atomic mass is 9.97. The third kappa shape index (κ3) is 2.33. The molecule has 3 aromatic rings. The second kappa shape index (κ2) is 5.52. The van der Waals surface area contributed by atoms with E-state index in [0.717, 1.165) is 20.2 Å². The monoisotopic (exact) mass is 305 g/mol. The molecular weight excluding hydrogens is 293 g/mol. The van der Waals surface area contributed by atoms with E-state index in [0.29, 0.717) is 5.39 Å². The largest absolute Gasteiger partial charge is 0.309 e. The first-order valence-electron chi connectivity index (χ1n) is 6.30. The third-order valence-electron chi connectivity index (χ3n) is 3.38. The van der Waals surface area contributed by atoms with Crippen LogP contribution in [0.1, 0.15) is 16.5 Å². The molecule has 3 rings (SSSR count). The van der Waals surface area contributed by atoms with Crippen LogP contribution in [0.2, 0.25) is 4.34 Å². The minimum absolute atomic E-state index is 0.0120. The van der Waals surface area contributed by atoms with E-state index in [1.807, 2.05) is 49.5 Å². The van der Waals surface area contributed by atoms with Crippen molar-refractivity contribution in [2.24, 2.45) is 0 Å². The van der Waals surface area contributed by atoms with Gasteiger partial charge in [-0.15, -0.1) is 11.3 Å². The lowest BCUT2D eigenvalue weighted by Gasteiger charge is -2.17. The zero-order valence-electron chi connectivity index (χ0n) is 10.9. The summed E-state index contributed by atoms with van der Waals surface area (Å²) < 4.78 is 14.7. The maximum absolute atomic E-state index is 13.9. The van der Waals surface area contributed by atoms with Crippen LogP contribution >= 0.6 is 22.9 Å². The summed E-state index contributed by atoms with van der Waals surface area (Å²) in [5.74, 6) is -0.191. The van der Waals surface area contributed by atoms with E-state index in [4.69, 9.17) is 11.6 Å². The minimum atomic E-state index is -0.191. The fraction of sp³-hybridized carbons (Fsp3) is 0.125. The highest BCUT2D eigenvalue weighted by molar-refractivity contribution is 7.16. The number of thiophene rings is 1. The van der Waals surface area contributed by atoms with Crippen LogP contribution in [0, 0.1) is 5.82 Å². The molecule has 0 saturated heterocycles. The van der Waals surface area contributed by atoms with Gasteiger partial charge in [-0.2, -0.15) is 0 Å². The number of hydrogen-bond acceptors (Lipinski definition) is 2. The number of fused-ring (bicyclic) bond motifs is 1. The molecule has 2 aromatic carbocycles. The second-order valence-corrected chi connectivity index (χ2v) is 6.29. The molecule has 0 radical (unpaired) electrons. The molecule has 0 saturated carbocycles. The van der Waals surface area contributed by atoms with Crippen LogP contribution in [0.3, 0.4) is 0 Å². The maximum atomic E-state index is 13.9. The normalized spacial score (nSPS) is 12.8. The maximum Gasteiger partial charge on any atom is 0.131 e. The van der Waals surface area contributed by atoms with Gasteiger partial charge in [0.1, 0.15) is 5.82 Å². The summed E-state index contributed by atoms with van der Waals surface area (Å²) in [4.78, 5) is 1.12. The van der Waals surface area contributed by atoms with Gasteiger partial charge in [0.25, 0.3) is 0 Å². The van der Waals surface area contributed by atoms with Gasteiger partial charge in [-0.3, -0.25) is 0 Å². The molecular formula is C16H13ClFNS. The molecule has 0 spiro atoms. The van der Waals surface area contributed by atoms with Gasteiger partial charge in [-0.25, -0.2) is 4.39 Å². The minimum Gasteiger partial charge on any atom is -0.309 e. The van der Waals surface area contributed by atoms with Crippen LogP contribution in [0.15, 0.2) is 48.5 Å². The van der Waals surface area contributed by atoms with E-state index in [-0.39, 0.29) is 11.9 Å². The quantitative estimate of drug-likeness (QED) is 0.718. The molecule has 1 unspecified atom stereocenters. The molecule has 0 amide bonds. The van der Waals surface area contributed by atoms with Crippen LogP contribution in [0.25, 0.3) is 10.8 Å². The molecule has 1 atom stereocenters. The van der Waals surface area contributed by atoms with E-state index < -0.39 is 0 Å². The van der Waals surface area contributed by atoms with Crippen LogP contribution in [0.5, 0.6) is 0 Å². The van der Waals surface area contributed by atoms with Gasteiger partial charge >= 0.3 is 0 Å². The first-order valence-corrected chi connectivity index (χ1v) is 7.50. The van der Waals surface area contributed by atoms with E-state index in [1.165, 1.54) is 17.4 Å². The summed E-state index contributed by atoms with van der Waals surface area (Å²) in [6.45, 7) is 0. The molecule has 102 valence electrons. The topological polar surface area (TPSA) is 12.0 Å². The molecule has 1 nitrogen and oxygen atoms in total. The number of hydrogen-bond donors (Lipinski definition) is 1. The Bertz CT molecular complexity index is 753. The summed E-state index contributed by atoms with van der Waals surface area (Å²) in [5.41, 5.74) is 1.06. The molecule has 0 bridgehead atoms. The van der Waals surface area contributed by atoms with Gasteiger partial charge in [0.2, 0.25) is 0 Å². The molecule has 0 aliphatic carbocycles. The van der Waals surface area contributed by atoms with E-state index in [9.17, 15) is 4.39 Å². The number of rotatable bonds is 3. The lowest BCUT2D eigenvalue weighted by Crippen LogP contribution is -2.16. The number of benzene rings is 2. The summed E-state index contributed by atoms with van der Waals surface area (Å²) in [6.07, 6.45) is 0. The van der Waals surface area contributed by atoms with Crippen molar-refractivity contribution in [3.8, 4) is 0 Å². The van der Waals surface area contributed by atoms with Crippen molar-refractivity contribution in [2.75, 3.05) is 7.05 Å². The van der Waals surface area contributed by atoms with Crippen molar-refractivity contribution >= 4 is 33.7 Å². The lowest BCUT2D eigenvalue weighted by molar-refractivity contribution is 0.637. The van der Waals surface area contributed by atoms with Gasteiger partial charge in [-0.05, 0) is 36.2 Å². The molecule has 1 heterocycles. The highest BCUT2D eigenvalue weighted by Gasteiger charge is 2.17. The Morgan fingerprint density at radius 3 is 2.45 bits per heavy atom. The van der Waals surface area contributed by atoms with Crippen LogP contribution in [0.4, 0.5) is 4.39 Å². The highest BCUT2D eigenvalue weighted by atomic mass is 35.5. The SMILES string of the molecule is CNC(c1ccc(Cl)s1)c1ccc(F)c2ccccc12. The Labute approximate surface area is 126 Å². The molecule has 0 aliphatic heterocycles. The van der Waals surface area contributed by atoms with Gasteiger partial charge < -0.3 is 5.32 Å². The predicted molar refractivity (Wildman–Crippen MR) is 84.1 cm³/mol. The molecule has 20 heavy (non-hydrogen) atoms. The Morgan fingerprint density at radius 1 is 1.05 bits per heavy atom. The average molecular weight is 306 g/mol. The predicted octanol–water partition coefficient (Wildman–Crippen LogP) is 5.00.